The molecule has 0 saturated carbocycles. The van der Waals surface area contributed by atoms with Crippen LogP contribution in [0.3, 0.4) is 0 Å². The number of ketones is 1. The van der Waals surface area contributed by atoms with Gasteiger partial charge in [0.1, 0.15) is 5.70 Å². The van der Waals surface area contributed by atoms with E-state index in [1.165, 1.54) is 19.1 Å². The van der Waals surface area contributed by atoms with Crippen molar-refractivity contribution in [2.75, 3.05) is 12.3 Å². The first-order chi connectivity index (χ1) is 9.86. The summed E-state index contributed by atoms with van der Waals surface area (Å²) in [5.74, 6) is -1.29. The van der Waals surface area contributed by atoms with Crippen LogP contribution in [0, 0.1) is 0 Å². The van der Waals surface area contributed by atoms with Crippen molar-refractivity contribution < 1.29 is 19.1 Å². The van der Waals surface area contributed by atoms with E-state index in [4.69, 9.17) is 16.2 Å². The standard InChI is InChI=1S/C14H17N3O4/c1-3-21-13(19)8(2)11(17-14(16)20)12(18)9-5-4-6-10(15)7-9/h4-7H,3,15H2,1-2H3,(H3,16,17,20). The summed E-state index contributed by atoms with van der Waals surface area (Å²) in [6.07, 6.45) is 0. The van der Waals surface area contributed by atoms with Crippen molar-refractivity contribution in [3.8, 4) is 0 Å². The smallest absolute Gasteiger partial charge is 0.335 e. The molecule has 1 rings (SSSR count). The topological polar surface area (TPSA) is 125 Å². The van der Waals surface area contributed by atoms with Crippen molar-refractivity contribution in [3.05, 3.63) is 41.1 Å². The van der Waals surface area contributed by atoms with E-state index in [-0.39, 0.29) is 23.4 Å². The number of carbonyl (C=O) groups is 3. The number of allylic oxidation sites excluding steroid dienone is 1. The van der Waals surface area contributed by atoms with E-state index in [2.05, 4.69) is 5.32 Å². The fourth-order valence-corrected chi connectivity index (χ4v) is 1.61. The van der Waals surface area contributed by atoms with Crippen molar-refractivity contribution in [3.63, 3.8) is 0 Å². The lowest BCUT2D eigenvalue weighted by atomic mass is 10.0. The summed E-state index contributed by atoms with van der Waals surface area (Å²) >= 11 is 0. The van der Waals surface area contributed by atoms with Crippen molar-refractivity contribution in [1.29, 1.82) is 0 Å². The molecule has 0 unspecified atom stereocenters. The van der Waals surface area contributed by atoms with Crippen LogP contribution in [-0.2, 0) is 9.53 Å². The first-order valence-electron chi connectivity index (χ1n) is 6.21. The minimum Gasteiger partial charge on any atom is -0.463 e. The highest BCUT2D eigenvalue weighted by Crippen LogP contribution is 2.14. The average molecular weight is 291 g/mol. The van der Waals surface area contributed by atoms with Crippen LogP contribution in [0.4, 0.5) is 10.5 Å². The lowest BCUT2D eigenvalue weighted by Gasteiger charge is -2.11. The summed E-state index contributed by atoms with van der Waals surface area (Å²) in [5, 5.41) is 2.16. The predicted octanol–water partition coefficient (Wildman–Crippen LogP) is 0.957. The van der Waals surface area contributed by atoms with Gasteiger partial charge in [0.25, 0.3) is 0 Å². The van der Waals surface area contributed by atoms with E-state index >= 15 is 0 Å². The van der Waals surface area contributed by atoms with Gasteiger partial charge in [-0.1, -0.05) is 12.1 Å². The molecule has 0 aromatic heterocycles. The Morgan fingerprint density at radius 3 is 2.48 bits per heavy atom. The number of rotatable bonds is 5. The Kier molecular flexibility index (Phi) is 5.48. The van der Waals surface area contributed by atoms with E-state index < -0.39 is 17.8 Å². The van der Waals surface area contributed by atoms with Crippen molar-refractivity contribution >= 4 is 23.5 Å². The molecule has 2 amide bonds. The van der Waals surface area contributed by atoms with Crippen LogP contribution in [-0.4, -0.2) is 24.4 Å². The van der Waals surface area contributed by atoms with Gasteiger partial charge in [0.05, 0.1) is 12.2 Å². The third-order valence-electron chi connectivity index (χ3n) is 2.58. The van der Waals surface area contributed by atoms with E-state index in [9.17, 15) is 14.4 Å². The molecule has 1 aromatic carbocycles. The van der Waals surface area contributed by atoms with E-state index in [1.807, 2.05) is 0 Å². The number of esters is 1. The number of amides is 2. The molecular formula is C14H17N3O4. The molecule has 0 fully saturated rings. The summed E-state index contributed by atoms with van der Waals surface area (Å²) in [6, 6.07) is 5.19. The molecule has 7 nitrogen and oxygen atoms in total. The molecule has 0 bridgehead atoms. The van der Waals surface area contributed by atoms with Crippen LogP contribution in [0.25, 0.3) is 0 Å². The number of hydrogen-bond acceptors (Lipinski definition) is 5. The maximum Gasteiger partial charge on any atom is 0.335 e. The van der Waals surface area contributed by atoms with Crippen molar-refractivity contribution in [2.45, 2.75) is 13.8 Å². The third-order valence-corrected chi connectivity index (χ3v) is 2.58. The molecule has 112 valence electrons. The fourth-order valence-electron chi connectivity index (χ4n) is 1.61. The Morgan fingerprint density at radius 1 is 1.29 bits per heavy atom. The second-order valence-corrected chi connectivity index (χ2v) is 4.16. The van der Waals surface area contributed by atoms with Gasteiger partial charge in [0, 0.05) is 11.3 Å². The zero-order valence-corrected chi connectivity index (χ0v) is 11.8. The maximum absolute atomic E-state index is 12.4. The highest BCUT2D eigenvalue weighted by Gasteiger charge is 2.21. The van der Waals surface area contributed by atoms with Gasteiger partial charge in [-0.2, -0.15) is 0 Å². The van der Waals surface area contributed by atoms with E-state index in [0.717, 1.165) is 0 Å². The molecule has 1 aromatic rings. The molecule has 21 heavy (non-hydrogen) atoms. The van der Waals surface area contributed by atoms with Gasteiger partial charge in [-0.05, 0) is 26.0 Å². The number of ether oxygens (including phenoxy) is 1. The summed E-state index contributed by atoms with van der Waals surface area (Å²) in [4.78, 5) is 35.2. The van der Waals surface area contributed by atoms with Crippen molar-refractivity contribution in [1.82, 2.24) is 5.32 Å². The van der Waals surface area contributed by atoms with E-state index in [0.29, 0.717) is 5.69 Å². The third kappa shape index (κ3) is 4.34. The lowest BCUT2D eigenvalue weighted by Crippen LogP contribution is -2.34. The Labute approximate surface area is 121 Å². The van der Waals surface area contributed by atoms with Gasteiger partial charge in [-0.3, -0.25) is 4.79 Å². The Hall–Kier alpha value is -2.83. The number of nitrogens with one attached hydrogen (secondary N) is 1. The van der Waals surface area contributed by atoms with Gasteiger partial charge in [-0.25, -0.2) is 9.59 Å². The zero-order valence-electron chi connectivity index (χ0n) is 11.8. The highest BCUT2D eigenvalue weighted by molar-refractivity contribution is 6.14. The largest absolute Gasteiger partial charge is 0.463 e. The number of nitrogen functional groups attached to an aromatic ring is 1. The van der Waals surface area contributed by atoms with Crippen LogP contribution in [0.2, 0.25) is 0 Å². The normalized spacial score (nSPS) is 11.3. The number of Topliss-reactive ketones (excluding diaryl/α,β-unsaturated/α-hetero) is 1. The van der Waals surface area contributed by atoms with Gasteiger partial charge in [0.2, 0.25) is 5.78 Å². The molecule has 0 aliphatic carbocycles. The zero-order chi connectivity index (χ0) is 16.0. The molecule has 0 atom stereocenters. The molecule has 0 aliphatic rings. The van der Waals surface area contributed by atoms with Crippen molar-refractivity contribution in [2.24, 2.45) is 5.73 Å². The van der Waals surface area contributed by atoms with Crippen LogP contribution in [0.15, 0.2) is 35.5 Å². The first kappa shape index (κ1) is 16.2. The summed E-state index contributed by atoms with van der Waals surface area (Å²) in [6.45, 7) is 3.14. The number of hydrogen-bond donors (Lipinski definition) is 3. The Bertz CT molecular complexity index is 608. The molecule has 0 spiro atoms. The van der Waals surface area contributed by atoms with Crippen LogP contribution in [0.5, 0.6) is 0 Å². The molecule has 0 saturated heterocycles. The molecular weight excluding hydrogens is 274 g/mol. The minimum atomic E-state index is -0.953. The van der Waals surface area contributed by atoms with Gasteiger partial charge in [-0.15, -0.1) is 0 Å². The number of primary amides is 1. The number of benzene rings is 1. The maximum atomic E-state index is 12.4. The first-order valence-corrected chi connectivity index (χ1v) is 6.21. The van der Waals surface area contributed by atoms with Gasteiger partial charge < -0.3 is 21.5 Å². The second-order valence-electron chi connectivity index (χ2n) is 4.16. The summed E-state index contributed by atoms with van der Waals surface area (Å²) in [5.41, 5.74) is 11.0. The number of nitrogens with two attached hydrogens (primary N) is 2. The van der Waals surface area contributed by atoms with Crippen LogP contribution in [0.1, 0.15) is 24.2 Å². The number of carbonyl (C=O) groups excluding carboxylic acids is 3. The average Bonchev–Trinajstić information content (AvgIpc) is 2.43. The van der Waals surface area contributed by atoms with Gasteiger partial charge >= 0.3 is 12.0 Å². The summed E-state index contributed by atoms with van der Waals surface area (Å²) in [7, 11) is 0. The summed E-state index contributed by atoms with van der Waals surface area (Å²) < 4.78 is 4.81. The monoisotopic (exact) mass is 291 g/mol. The van der Waals surface area contributed by atoms with E-state index in [1.54, 1.807) is 19.1 Å². The number of anilines is 1. The van der Waals surface area contributed by atoms with Crippen LogP contribution >= 0.6 is 0 Å². The molecule has 0 aliphatic heterocycles. The van der Waals surface area contributed by atoms with Gasteiger partial charge in [0.15, 0.2) is 0 Å². The molecule has 7 heteroatoms. The SMILES string of the molecule is CCOC(=O)C(C)=C(NC(N)=O)C(=O)c1cccc(N)c1. The second kappa shape index (κ2) is 7.09. The molecule has 0 radical (unpaired) electrons. The fraction of sp³-hybridized carbons (Fsp3) is 0.214. The molecule has 0 heterocycles. The van der Waals surface area contributed by atoms with Crippen LogP contribution < -0.4 is 16.8 Å². The number of urea groups is 1. The Morgan fingerprint density at radius 2 is 1.95 bits per heavy atom. The Balaban J connectivity index is 3.25. The molecule has 5 N–H and O–H groups in total. The highest BCUT2D eigenvalue weighted by atomic mass is 16.5. The lowest BCUT2D eigenvalue weighted by molar-refractivity contribution is -0.138. The quantitative estimate of drug-likeness (QED) is 0.322. The minimum absolute atomic E-state index is 0.0388. The predicted molar refractivity (Wildman–Crippen MR) is 77.2 cm³/mol.